The first kappa shape index (κ1) is 8.84. The Kier molecular flexibility index (Phi) is 5.86. The Labute approximate surface area is 55.8 Å². The molecule has 0 aliphatic carbocycles. The van der Waals surface area contributed by atoms with Gasteiger partial charge in [-0.05, 0) is 13.0 Å². The van der Waals surface area contributed by atoms with Crippen LogP contribution in [0, 0.1) is 0 Å². The fourth-order valence-corrected chi connectivity index (χ4v) is 0.550. The summed E-state index contributed by atoms with van der Waals surface area (Å²) >= 11 is 0. The largest absolute Gasteiger partial charge is 0.330 e. The third kappa shape index (κ3) is 5.72. The van der Waals surface area contributed by atoms with Gasteiger partial charge in [0.2, 0.25) is 0 Å². The summed E-state index contributed by atoms with van der Waals surface area (Å²) in [5, 5.41) is 3.01. The Balaban J connectivity index is 2.95. The quantitative estimate of drug-likeness (QED) is 0.331. The van der Waals surface area contributed by atoms with Crippen molar-refractivity contribution in [3.05, 3.63) is 0 Å². The molecule has 7 N–H and O–H groups in total. The summed E-state index contributed by atoms with van der Waals surface area (Å²) in [5.74, 6) is 0. The monoisotopic (exact) mass is 132 g/mol. The highest BCUT2D eigenvalue weighted by molar-refractivity contribution is 4.58. The Morgan fingerprint density at radius 2 is 1.89 bits per heavy atom. The van der Waals surface area contributed by atoms with Crippen LogP contribution >= 0.6 is 0 Å². The summed E-state index contributed by atoms with van der Waals surface area (Å²) in [4.78, 5) is 0. The zero-order chi connectivity index (χ0) is 7.11. The minimum atomic E-state index is 0.0125. The van der Waals surface area contributed by atoms with Crippen molar-refractivity contribution in [2.24, 2.45) is 17.2 Å². The first-order valence-corrected chi connectivity index (χ1v) is 3.20. The lowest BCUT2D eigenvalue weighted by atomic mass is 10.3. The van der Waals surface area contributed by atoms with Gasteiger partial charge in [-0.1, -0.05) is 0 Å². The van der Waals surface area contributed by atoms with E-state index in [2.05, 4.69) is 5.32 Å². The Morgan fingerprint density at radius 3 is 2.33 bits per heavy atom. The summed E-state index contributed by atoms with van der Waals surface area (Å²) in [7, 11) is 0. The van der Waals surface area contributed by atoms with E-state index in [4.69, 9.17) is 17.2 Å². The van der Waals surface area contributed by atoms with E-state index in [0.29, 0.717) is 13.1 Å². The molecular formula is C5H16N4. The summed E-state index contributed by atoms with van der Waals surface area (Å²) in [6.07, 6.45) is 0.818. The molecule has 0 heterocycles. The number of rotatable bonds is 5. The van der Waals surface area contributed by atoms with Gasteiger partial charge in [-0.15, -0.1) is 0 Å². The lowest BCUT2D eigenvalue weighted by Gasteiger charge is -2.10. The molecule has 0 aromatic heterocycles. The van der Waals surface area contributed by atoms with Gasteiger partial charge in [0.25, 0.3) is 0 Å². The molecule has 4 heteroatoms. The van der Waals surface area contributed by atoms with Crippen LogP contribution in [-0.2, 0) is 0 Å². The molecule has 4 nitrogen and oxygen atoms in total. The van der Waals surface area contributed by atoms with Crippen LogP contribution in [0.3, 0.4) is 0 Å². The molecule has 0 aromatic rings. The van der Waals surface area contributed by atoms with E-state index in [1.165, 1.54) is 0 Å². The topological polar surface area (TPSA) is 90.1 Å². The highest BCUT2D eigenvalue weighted by Crippen LogP contribution is 1.76. The standard InChI is InChI=1S/C5H16N4/c6-2-1-5(8)9-4-3-7/h5,9H,1-4,6-8H2. The molecule has 1 unspecified atom stereocenters. The van der Waals surface area contributed by atoms with Crippen molar-refractivity contribution >= 4 is 0 Å². The van der Waals surface area contributed by atoms with Crippen molar-refractivity contribution < 1.29 is 0 Å². The zero-order valence-corrected chi connectivity index (χ0v) is 5.64. The van der Waals surface area contributed by atoms with Crippen LogP contribution in [0.4, 0.5) is 0 Å². The van der Waals surface area contributed by atoms with Gasteiger partial charge in [0.1, 0.15) is 0 Å². The summed E-state index contributed by atoms with van der Waals surface area (Å²) < 4.78 is 0. The minimum absolute atomic E-state index is 0.0125. The van der Waals surface area contributed by atoms with Crippen molar-refractivity contribution in [1.82, 2.24) is 5.32 Å². The molecule has 0 aliphatic heterocycles. The van der Waals surface area contributed by atoms with E-state index >= 15 is 0 Å². The van der Waals surface area contributed by atoms with E-state index in [0.717, 1.165) is 13.0 Å². The van der Waals surface area contributed by atoms with Gasteiger partial charge < -0.3 is 22.5 Å². The van der Waals surface area contributed by atoms with Crippen LogP contribution in [-0.4, -0.2) is 25.8 Å². The molecule has 0 fully saturated rings. The minimum Gasteiger partial charge on any atom is -0.330 e. The van der Waals surface area contributed by atoms with Gasteiger partial charge in [-0.25, -0.2) is 0 Å². The first-order chi connectivity index (χ1) is 4.31. The van der Waals surface area contributed by atoms with Crippen LogP contribution in [0.2, 0.25) is 0 Å². The second-order valence-electron chi connectivity index (χ2n) is 1.93. The van der Waals surface area contributed by atoms with Gasteiger partial charge in [0, 0.05) is 13.1 Å². The van der Waals surface area contributed by atoms with Crippen molar-refractivity contribution in [3.8, 4) is 0 Å². The van der Waals surface area contributed by atoms with Crippen LogP contribution < -0.4 is 22.5 Å². The van der Waals surface area contributed by atoms with Crippen molar-refractivity contribution in [3.63, 3.8) is 0 Å². The van der Waals surface area contributed by atoms with Crippen LogP contribution in [0.1, 0.15) is 6.42 Å². The van der Waals surface area contributed by atoms with Gasteiger partial charge in [-0.3, -0.25) is 0 Å². The SMILES string of the molecule is NCCNC(N)CCN. The predicted octanol–water partition coefficient (Wildman–Crippen LogP) is -1.83. The van der Waals surface area contributed by atoms with E-state index in [1.54, 1.807) is 0 Å². The lowest BCUT2D eigenvalue weighted by Crippen LogP contribution is -2.41. The van der Waals surface area contributed by atoms with E-state index in [-0.39, 0.29) is 6.17 Å². The smallest absolute Gasteiger partial charge is 0.0558 e. The number of nitrogens with two attached hydrogens (primary N) is 3. The molecule has 1 atom stereocenters. The normalized spacial score (nSPS) is 13.7. The molecule has 0 aliphatic rings. The second kappa shape index (κ2) is 5.97. The Bertz CT molecular complexity index is 56.9. The van der Waals surface area contributed by atoms with E-state index < -0.39 is 0 Å². The molecular weight excluding hydrogens is 116 g/mol. The first-order valence-electron chi connectivity index (χ1n) is 3.20. The summed E-state index contributed by atoms with van der Waals surface area (Å²) in [6.45, 7) is 2.01. The molecule has 0 rings (SSSR count). The van der Waals surface area contributed by atoms with Gasteiger partial charge in [-0.2, -0.15) is 0 Å². The molecule has 0 aromatic carbocycles. The Morgan fingerprint density at radius 1 is 1.22 bits per heavy atom. The van der Waals surface area contributed by atoms with Gasteiger partial charge in [0.05, 0.1) is 6.17 Å². The highest BCUT2D eigenvalue weighted by Gasteiger charge is 1.95. The van der Waals surface area contributed by atoms with Crippen molar-refractivity contribution in [2.75, 3.05) is 19.6 Å². The second-order valence-corrected chi connectivity index (χ2v) is 1.93. The molecule has 56 valence electrons. The maximum absolute atomic E-state index is 5.52. The molecule has 0 saturated carbocycles. The van der Waals surface area contributed by atoms with Gasteiger partial charge >= 0.3 is 0 Å². The maximum Gasteiger partial charge on any atom is 0.0558 e. The molecule has 0 radical (unpaired) electrons. The summed E-state index contributed by atoms with van der Waals surface area (Å²) in [6, 6.07) is 0. The average molecular weight is 132 g/mol. The van der Waals surface area contributed by atoms with Crippen LogP contribution in [0.15, 0.2) is 0 Å². The molecule has 0 amide bonds. The van der Waals surface area contributed by atoms with Crippen LogP contribution in [0.5, 0.6) is 0 Å². The van der Waals surface area contributed by atoms with Crippen molar-refractivity contribution in [2.45, 2.75) is 12.6 Å². The average Bonchev–Trinajstić information content (AvgIpc) is 1.85. The number of hydrogen-bond donors (Lipinski definition) is 4. The van der Waals surface area contributed by atoms with E-state index in [9.17, 15) is 0 Å². The Hall–Kier alpha value is -0.160. The third-order valence-electron chi connectivity index (χ3n) is 1.03. The summed E-state index contributed by atoms with van der Waals surface area (Å²) in [5.41, 5.74) is 16.0. The fourth-order valence-electron chi connectivity index (χ4n) is 0.550. The number of hydrogen-bond acceptors (Lipinski definition) is 4. The zero-order valence-electron chi connectivity index (χ0n) is 5.64. The van der Waals surface area contributed by atoms with Crippen molar-refractivity contribution in [1.29, 1.82) is 0 Å². The molecule has 0 saturated heterocycles. The van der Waals surface area contributed by atoms with E-state index in [1.807, 2.05) is 0 Å². The van der Waals surface area contributed by atoms with Crippen LogP contribution in [0.25, 0.3) is 0 Å². The molecule has 9 heavy (non-hydrogen) atoms. The molecule has 0 bridgehead atoms. The fraction of sp³-hybridized carbons (Fsp3) is 1.00. The predicted molar refractivity (Wildman–Crippen MR) is 38.7 cm³/mol. The molecule has 0 spiro atoms. The third-order valence-corrected chi connectivity index (χ3v) is 1.03. The number of nitrogens with one attached hydrogen (secondary N) is 1. The highest BCUT2D eigenvalue weighted by atomic mass is 15.0. The lowest BCUT2D eigenvalue weighted by molar-refractivity contribution is 0.507. The maximum atomic E-state index is 5.52. The van der Waals surface area contributed by atoms with Gasteiger partial charge in [0.15, 0.2) is 0 Å².